The molecule has 0 fully saturated rings. The quantitative estimate of drug-likeness (QED) is 0.823. The molecule has 0 aliphatic heterocycles. The van der Waals surface area contributed by atoms with Crippen molar-refractivity contribution in [2.75, 3.05) is 7.05 Å². The number of halogens is 1. The SMILES string of the molecule is C#CCCC(NC)c1cccc(C)c1Br. The van der Waals surface area contributed by atoms with E-state index >= 15 is 0 Å². The molecule has 1 N–H and O–H groups in total. The molecule has 2 heteroatoms. The van der Waals surface area contributed by atoms with E-state index in [1.807, 2.05) is 7.05 Å². The third kappa shape index (κ3) is 3.09. The number of hydrogen-bond donors (Lipinski definition) is 1. The van der Waals surface area contributed by atoms with Crippen LogP contribution in [0.2, 0.25) is 0 Å². The molecule has 15 heavy (non-hydrogen) atoms. The van der Waals surface area contributed by atoms with Crippen LogP contribution in [0.3, 0.4) is 0 Å². The van der Waals surface area contributed by atoms with Gasteiger partial charge in [0.25, 0.3) is 0 Å². The fourth-order valence-corrected chi connectivity index (χ4v) is 2.16. The van der Waals surface area contributed by atoms with E-state index in [1.165, 1.54) is 15.6 Å². The number of terminal acetylenes is 1. The molecule has 0 saturated heterocycles. The van der Waals surface area contributed by atoms with Gasteiger partial charge in [0.2, 0.25) is 0 Å². The van der Waals surface area contributed by atoms with Gasteiger partial charge >= 0.3 is 0 Å². The Kier molecular flexibility index (Phi) is 4.87. The lowest BCUT2D eigenvalue weighted by atomic mass is 10.0. The summed E-state index contributed by atoms with van der Waals surface area (Å²) in [5.74, 6) is 2.68. The first-order chi connectivity index (χ1) is 7.20. The van der Waals surface area contributed by atoms with E-state index in [0.717, 1.165) is 12.8 Å². The first-order valence-corrected chi connectivity index (χ1v) is 5.85. The molecule has 1 unspecified atom stereocenters. The molecule has 0 bridgehead atoms. The molecule has 0 radical (unpaired) electrons. The first-order valence-electron chi connectivity index (χ1n) is 5.06. The lowest BCUT2D eigenvalue weighted by Gasteiger charge is -2.18. The molecule has 1 aromatic carbocycles. The minimum atomic E-state index is 0.329. The van der Waals surface area contributed by atoms with E-state index in [4.69, 9.17) is 6.42 Å². The predicted molar refractivity (Wildman–Crippen MR) is 68.7 cm³/mol. The molecule has 1 rings (SSSR count). The standard InChI is InChI=1S/C13H16BrN/c1-4-5-9-12(15-3)11-8-6-7-10(2)13(11)14/h1,6-8,12,15H,5,9H2,2-3H3. The van der Waals surface area contributed by atoms with Gasteiger partial charge in [-0.15, -0.1) is 12.3 Å². The number of benzene rings is 1. The molecule has 0 heterocycles. The van der Waals surface area contributed by atoms with Gasteiger partial charge in [-0.05, 0) is 31.5 Å². The van der Waals surface area contributed by atoms with Crippen LogP contribution in [0, 0.1) is 19.3 Å². The summed E-state index contributed by atoms with van der Waals surface area (Å²) >= 11 is 3.62. The molecular weight excluding hydrogens is 250 g/mol. The van der Waals surface area contributed by atoms with E-state index in [9.17, 15) is 0 Å². The maximum absolute atomic E-state index is 5.29. The van der Waals surface area contributed by atoms with Gasteiger partial charge in [-0.25, -0.2) is 0 Å². The topological polar surface area (TPSA) is 12.0 Å². The van der Waals surface area contributed by atoms with E-state index in [0.29, 0.717) is 6.04 Å². The Morgan fingerprint density at radius 1 is 1.53 bits per heavy atom. The van der Waals surface area contributed by atoms with Gasteiger partial charge in [0.1, 0.15) is 0 Å². The van der Waals surface area contributed by atoms with Crippen molar-refractivity contribution in [3.8, 4) is 12.3 Å². The van der Waals surface area contributed by atoms with E-state index in [1.54, 1.807) is 0 Å². The second kappa shape index (κ2) is 5.95. The molecule has 0 spiro atoms. The molecule has 0 aliphatic rings. The zero-order valence-corrected chi connectivity index (χ0v) is 10.8. The van der Waals surface area contributed by atoms with Crippen molar-refractivity contribution in [3.63, 3.8) is 0 Å². The highest BCUT2D eigenvalue weighted by Crippen LogP contribution is 2.28. The molecule has 80 valence electrons. The minimum absolute atomic E-state index is 0.329. The molecule has 0 aromatic heterocycles. The van der Waals surface area contributed by atoms with Crippen molar-refractivity contribution >= 4 is 15.9 Å². The first kappa shape index (κ1) is 12.3. The van der Waals surface area contributed by atoms with Crippen LogP contribution in [0.1, 0.15) is 30.0 Å². The van der Waals surface area contributed by atoms with Crippen LogP contribution in [0.25, 0.3) is 0 Å². The van der Waals surface area contributed by atoms with Crippen LogP contribution in [0.15, 0.2) is 22.7 Å². The van der Waals surface area contributed by atoms with Crippen LogP contribution in [0.5, 0.6) is 0 Å². The summed E-state index contributed by atoms with van der Waals surface area (Å²) in [6.45, 7) is 2.10. The Hall–Kier alpha value is -0.780. The Labute approximate surface area is 100 Å². The summed E-state index contributed by atoms with van der Waals surface area (Å²) in [5, 5.41) is 3.30. The van der Waals surface area contributed by atoms with Crippen molar-refractivity contribution in [2.24, 2.45) is 0 Å². The minimum Gasteiger partial charge on any atom is -0.313 e. The monoisotopic (exact) mass is 265 g/mol. The normalized spacial score (nSPS) is 12.1. The van der Waals surface area contributed by atoms with Crippen LogP contribution < -0.4 is 5.32 Å². The smallest absolute Gasteiger partial charge is 0.0337 e. The van der Waals surface area contributed by atoms with Crippen molar-refractivity contribution < 1.29 is 0 Å². The van der Waals surface area contributed by atoms with E-state index < -0.39 is 0 Å². The molecule has 0 saturated carbocycles. The second-order valence-electron chi connectivity index (χ2n) is 3.56. The highest BCUT2D eigenvalue weighted by Gasteiger charge is 2.12. The Morgan fingerprint density at radius 3 is 2.87 bits per heavy atom. The van der Waals surface area contributed by atoms with Gasteiger partial charge < -0.3 is 5.32 Å². The highest BCUT2D eigenvalue weighted by atomic mass is 79.9. The average molecular weight is 266 g/mol. The maximum Gasteiger partial charge on any atom is 0.0337 e. The molecule has 1 aromatic rings. The summed E-state index contributed by atoms with van der Waals surface area (Å²) < 4.78 is 1.18. The molecule has 1 atom stereocenters. The Morgan fingerprint density at radius 2 is 2.27 bits per heavy atom. The molecular formula is C13H16BrN. The van der Waals surface area contributed by atoms with Gasteiger partial charge in [-0.3, -0.25) is 0 Å². The molecule has 0 amide bonds. The number of hydrogen-bond acceptors (Lipinski definition) is 1. The van der Waals surface area contributed by atoms with Crippen molar-refractivity contribution in [1.29, 1.82) is 0 Å². The predicted octanol–water partition coefficient (Wildman–Crippen LogP) is 3.43. The van der Waals surface area contributed by atoms with Crippen LogP contribution in [0.4, 0.5) is 0 Å². The summed E-state index contributed by atoms with van der Waals surface area (Å²) in [4.78, 5) is 0. The zero-order chi connectivity index (χ0) is 11.3. The Bertz CT molecular complexity index is 365. The highest BCUT2D eigenvalue weighted by molar-refractivity contribution is 9.10. The third-order valence-electron chi connectivity index (χ3n) is 2.52. The van der Waals surface area contributed by atoms with Gasteiger partial charge in [0, 0.05) is 16.9 Å². The largest absolute Gasteiger partial charge is 0.313 e. The third-order valence-corrected chi connectivity index (χ3v) is 3.61. The van der Waals surface area contributed by atoms with Crippen LogP contribution in [-0.4, -0.2) is 7.05 Å². The maximum atomic E-state index is 5.29. The van der Waals surface area contributed by atoms with Gasteiger partial charge in [-0.1, -0.05) is 34.1 Å². The van der Waals surface area contributed by atoms with Crippen LogP contribution >= 0.6 is 15.9 Å². The van der Waals surface area contributed by atoms with E-state index in [-0.39, 0.29) is 0 Å². The lowest BCUT2D eigenvalue weighted by Crippen LogP contribution is -2.16. The fraction of sp³-hybridized carbons (Fsp3) is 0.385. The van der Waals surface area contributed by atoms with Crippen molar-refractivity contribution in [1.82, 2.24) is 5.32 Å². The zero-order valence-electron chi connectivity index (χ0n) is 9.18. The van der Waals surface area contributed by atoms with Gasteiger partial charge in [-0.2, -0.15) is 0 Å². The summed E-state index contributed by atoms with van der Waals surface area (Å²) in [6.07, 6.45) is 7.05. The Balaban J connectivity index is 2.92. The van der Waals surface area contributed by atoms with Crippen molar-refractivity contribution in [3.05, 3.63) is 33.8 Å². The summed E-state index contributed by atoms with van der Waals surface area (Å²) in [7, 11) is 1.97. The second-order valence-corrected chi connectivity index (χ2v) is 4.36. The average Bonchev–Trinajstić information content (AvgIpc) is 2.25. The number of rotatable bonds is 4. The summed E-state index contributed by atoms with van der Waals surface area (Å²) in [6, 6.07) is 6.64. The fourth-order valence-electron chi connectivity index (χ4n) is 1.62. The lowest BCUT2D eigenvalue weighted by molar-refractivity contribution is 0.556. The van der Waals surface area contributed by atoms with E-state index in [2.05, 4.69) is 52.3 Å². The van der Waals surface area contributed by atoms with Crippen LogP contribution in [-0.2, 0) is 0 Å². The number of aryl methyl sites for hydroxylation is 1. The molecule has 1 nitrogen and oxygen atoms in total. The van der Waals surface area contributed by atoms with Gasteiger partial charge in [0.05, 0.1) is 0 Å². The molecule has 0 aliphatic carbocycles. The summed E-state index contributed by atoms with van der Waals surface area (Å²) in [5.41, 5.74) is 2.54. The van der Waals surface area contributed by atoms with Gasteiger partial charge in [0.15, 0.2) is 0 Å². The number of nitrogens with one attached hydrogen (secondary N) is 1. The van der Waals surface area contributed by atoms with Crippen molar-refractivity contribution in [2.45, 2.75) is 25.8 Å².